The van der Waals surface area contributed by atoms with Crippen molar-refractivity contribution in [2.45, 2.75) is 12.0 Å². The summed E-state index contributed by atoms with van der Waals surface area (Å²) in [5.74, 6) is 0.798. The minimum atomic E-state index is -1.05. The average Bonchev–Trinajstić information content (AvgIpc) is 2.77. The fourth-order valence-corrected chi connectivity index (χ4v) is 3.46. The highest BCUT2D eigenvalue weighted by Crippen LogP contribution is 2.27. The first-order chi connectivity index (χ1) is 14.9. The van der Waals surface area contributed by atoms with Crippen molar-refractivity contribution in [1.82, 2.24) is 4.90 Å². The van der Waals surface area contributed by atoms with Gasteiger partial charge in [0.25, 0.3) is 5.91 Å². The predicted molar refractivity (Wildman–Crippen MR) is 115 cm³/mol. The zero-order valence-electron chi connectivity index (χ0n) is 17.2. The molecule has 1 saturated heterocycles. The highest BCUT2D eigenvalue weighted by Gasteiger charge is 2.41. The summed E-state index contributed by atoms with van der Waals surface area (Å²) >= 11 is 5.90. The van der Waals surface area contributed by atoms with Crippen LogP contribution in [0.15, 0.2) is 48.5 Å². The number of ether oxygens (including phenoxy) is 4. The van der Waals surface area contributed by atoms with Gasteiger partial charge in [0.05, 0.1) is 26.7 Å². The van der Waals surface area contributed by atoms with Gasteiger partial charge < -0.3 is 29.6 Å². The molecule has 0 radical (unpaired) electrons. The van der Waals surface area contributed by atoms with Crippen molar-refractivity contribution in [2.24, 2.45) is 5.73 Å². The standard InChI is InChI=1S/C22H25ClN2O6/c1-28-18-4-2-3-5-19(18)29-13-21(27)25-10-11-31-22(14-25,12-20(24)26)15-30-17-8-6-16(23)7-9-17/h2-9H,10-15H2,1H3,(H2,24,26)/t22-/m1/s1. The molecule has 0 aromatic heterocycles. The number of halogens is 1. The summed E-state index contributed by atoms with van der Waals surface area (Å²) in [6.07, 6.45) is -0.0856. The van der Waals surface area contributed by atoms with Crippen LogP contribution in [-0.2, 0) is 14.3 Å². The zero-order chi connectivity index (χ0) is 22.3. The van der Waals surface area contributed by atoms with Crippen molar-refractivity contribution in [1.29, 1.82) is 0 Å². The zero-order valence-corrected chi connectivity index (χ0v) is 18.0. The molecule has 3 rings (SSSR count). The summed E-state index contributed by atoms with van der Waals surface area (Å²) in [7, 11) is 1.53. The molecule has 1 atom stereocenters. The maximum absolute atomic E-state index is 12.8. The summed E-state index contributed by atoms with van der Waals surface area (Å²) in [5, 5.41) is 0.583. The van der Waals surface area contributed by atoms with Gasteiger partial charge in [-0.15, -0.1) is 0 Å². The Hall–Kier alpha value is -2.97. The van der Waals surface area contributed by atoms with Gasteiger partial charge in [-0.05, 0) is 36.4 Å². The Morgan fingerprint density at radius 3 is 2.52 bits per heavy atom. The molecule has 2 N–H and O–H groups in total. The fourth-order valence-electron chi connectivity index (χ4n) is 3.34. The van der Waals surface area contributed by atoms with Crippen LogP contribution >= 0.6 is 11.6 Å². The van der Waals surface area contributed by atoms with Gasteiger partial charge in [-0.1, -0.05) is 23.7 Å². The molecular weight excluding hydrogens is 424 g/mol. The SMILES string of the molecule is COc1ccccc1OCC(=O)N1CCO[C@](COc2ccc(Cl)cc2)(CC(N)=O)C1. The third-order valence-corrected chi connectivity index (χ3v) is 5.09. The van der Waals surface area contributed by atoms with E-state index in [9.17, 15) is 9.59 Å². The third kappa shape index (κ3) is 6.26. The van der Waals surface area contributed by atoms with Crippen LogP contribution in [0.4, 0.5) is 0 Å². The first-order valence-corrected chi connectivity index (χ1v) is 10.1. The molecule has 2 aromatic carbocycles. The van der Waals surface area contributed by atoms with Gasteiger partial charge in [-0.25, -0.2) is 0 Å². The van der Waals surface area contributed by atoms with E-state index in [1.165, 1.54) is 7.11 Å². The maximum Gasteiger partial charge on any atom is 0.260 e. The Morgan fingerprint density at radius 1 is 1.13 bits per heavy atom. The van der Waals surface area contributed by atoms with Gasteiger partial charge in [-0.2, -0.15) is 0 Å². The molecule has 0 aliphatic carbocycles. The fraction of sp³-hybridized carbons (Fsp3) is 0.364. The molecule has 1 heterocycles. The van der Waals surface area contributed by atoms with E-state index in [-0.39, 0.29) is 38.7 Å². The average molecular weight is 449 g/mol. The topological polar surface area (TPSA) is 100 Å². The number of hydrogen-bond donors (Lipinski definition) is 1. The number of para-hydroxylation sites is 2. The molecular formula is C22H25ClN2O6. The highest BCUT2D eigenvalue weighted by atomic mass is 35.5. The van der Waals surface area contributed by atoms with E-state index in [1.54, 1.807) is 47.4 Å². The number of carbonyl (C=O) groups excluding carboxylic acids is 2. The van der Waals surface area contributed by atoms with Crippen LogP contribution in [0.25, 0.3) is 0 Å². The largest absolute Gasteiger partial charge is 0.493 e. The molecule has 31 heavy (non-hydrogen) atoms. The Labute approximate surface area is 185 Å². The smallest absolute Gasteiger partial charge is 0.260 e. The normalized spacial score (nSPS) is 18.3. The van der Waals surface area contributed by atoms with Crippen LogP contribution in [0.5, 0.6) is 17.2 Å². The molecule has 2 amide bonds. The Bertz CT molecular complexity index is 907. The summed E-state index contributed by atoms with van der Waals surface area (Å²) in [6.45, 7) is 0.644. The number of methoxy groups -OCH3 is 1. The van der Waals surface area contributed by atoms with Crippen molar-refractivity contribution in [2.75, 3.05) is 40.0 Å². The minimum Gasteiger partial charge on any atom is -0.493 e. The third-order valence-electron chi connectivity index (χ3n) is 4.83. The summed E-state index contributed by atoms with van der Waals surface area (Å²) in [4.78, 5) is 26.1. The Kier molecular flexibility index (Phi) is 7.59. The van der Waals surface area contributed by atoms with Gasteiger partial charge in [0.2, 0.25) is 5.91 Å². The minimum absolute atomic E-state index is 0.0503. The number of hydrogen-bond acceptors (Lipinski definition) is 6. The summed E-state index contributed by atoms with van der Waals surface area (Å²) in [5.41, 5.74) is 4.40. The van der Waals surface area contributed by atoms with Gasteiger partial charge >= 0.3 is 0 Å². The lowest BCUT2D eigenvalue weighted by atomic mass is 9.97. The van der Waals surface area contributed by atoms with Crippen LogP contribution in [0, 0.1) is 0 Å². The number of carbonyl (C=O) groups is 2. The van der Waals surface area contributed by atoms with E-state index >= 15 is 0 Å². The number of amides is 2. The van der Waals surface area contributed by atoms with Gasteiger partial charge in [0.1, 0.15) is 18.0 Å². The monoisotopic (exact) mass is 448 g/mol. The molecule has 166 valence electrons. The van der Waals surface area contributed by atoms with Crippen molar-refractivity contribution < 1.29 is 28.5 Å². The van der Waals surface area contributed by atoms with E-state index in [2.05, 4.69) is 0 Å². The lowest BCUT2D eigenvalue weighted by molar-refractivity contribution is -0.163. The number of primary amides is 1. The molecule has 9 heteroatoms. The molecule has 8 nitrogen and oxygen atoms in total. The number of nitrogens with two attached hydrogens (primary N) is 1. The molecule has 0 spiro atoms. The lowest BCUT2D eigenvalue weighted by Gasteiger charge is -2.41. The highest BCUT2D eigenvalue weighted by molar-refractivity contribution is 6.30. The summed E-state index contributed by atoms with van der Waals surface area (Å²) < 4.78 is 22.6. The van der Waals surface area contributed by atoms with Gasteiger partial charge in [0, 0.05) is 11.6 Å². The van der Waals surface area contributed by atoms with Crippen LogP contribution in [0.3, 0.4) is 0 Å². The molecule has 0 bridgehead atoms. The molecule has 2 aromatic rings. The first-order valence-electron chi connectivity index (χ1n) is 9.75. The maximum atomic E-state index is 12.8. The Morgan fingerprint density at radius 2 is 1.84 bits per heavy atom. The second-order valence-electron chi connectivity index (χ2n) is 7.17. The van der Waals surface area contributed by atoms with Crippen LogP contribution in [-0.4, -0.2) is 62.3 Å². The molecule has 1 fully saturated rings. The number of benzene rings is 2. The van der Waals surface area contributed by atoms with Crippen molar-refractivity contribution >= 4 is 23.4 Å². The Balaban J connectivity index is 1.65. The summed E-state index contributed by atoms with van der Waals surface area (Å²) in [6, 6.07) is 13.9. The second-order valence-corrected chi connectivity index (χ2v) is 7.61. The van der Waals surface area contributed by atoms with Gasteiger partial charge in [-0.3, -0.25) is 9.59 Å². The first kappa shape index (κ1) is 22.7. The molecule has 0 unspecified atom stereocenters. The van der Waals surface area contributed by atoms with Crippen LogP contribution in [0.2, 0.25) is 5.02 Å². The molecule has 1 aliphatic rings. The van der Waals surface area contributed by atoms with Crippen LogP contribution < -0.4 is 19.9 Å². The predicted octanol–water partition coefficient (Wildman–Crippen LogP) is 2.28. The number of morpholine rings is 1. The van der Waals surface area contributed by atoms with E-state index in [1.807, 2.05) is 6.07 Å². The molecule has 0 saturated carbocycles. The van der Waals surface area contributed by atoms with Gasteiger partial charge in [0.15, 0.2) is 18.1 Å². The van der Waals surface area contributed by atoms with E-state index in [0.29, 0.717) is 28.8 Å². The quantitative estimate of drug-likeness (QED) is 0.631. The van der Waals surface area contributed by atoms with Crippen LogP contribution in [0.1, 0.15) is 6.42 Å². The van der Waals surface area contributed by atoms with Crippen molar-refractivity contribution in [3.8, 4) is 17.2 Å². The lowest BCUT2D eigenvalue weighted by Crippen LogP contribution is -2.58. The van der Waals surface area contributed by atoms with E-state index in [0.717, 1.165) is 0 Å². The molecule has 1 aliphatic heterocycles. The number of rotatable bonds is 9. The van der Waals surface area contributed by atoms with Crippen molar-refractivity contribution in [3.63, 3.8) is 0 Å². The van der Waals surface area contributed by atoms with E-state index in [4.69, 9.17) is 36.3 Å². The van der Waals surface area contributed by atoms with Crippen molar-refractivity contribution in [3.05, 3.63) is 53.6 Å². The number of nitrogens with zero attached hydrogens (tertiary/aromatic N) is 1. The second kappa shape index (κ2) is 10.4. The van der Waals surface area contributed by atoms with E-state index < -0.39 is 11.5 Å².